The molecule has 3 aromatic rings. The van der Waals surface area contributed by atoms with Crippen LogP contribution >= 0.6 is 11.3 Å². The molecule has 3 heterocycles. The van der Waals surface area contributed by atoms with Gasteiger partial charge in [-0.2, -0.15) is 4.98 Å². The van der Waals surface area contributed by atoms with Crippen molar-refractivity contribution in [2.45, 2.75) is 26.2 Å². The van der Waals surface area contributed by atoms with Gasteiger partial charge in [0.15, 0.2) is 0 Å². The van der Waals surface area contributed by atoms with Gasteiger partial charge in [0.05, 0.1) is 0 Å². The van der Waals surface area contributed by atoms with Crippen LogP contribution in [0.4, 0.5) is 23.1 Å². The van der Waals surface area contributed by atoms with E-state index in [1.54, 1.807) is 17.4 Å². The zero-order valence-electron chi connectivity index (χ0n) is 17.0. The van der Waals surface area contributed by atoms with Crippen LogP contribution < -0.4 is 15.5 Å². The van der Waals surface area contributed by atoms with E-state index in [1.807, 2.05) is 60.8 Å². The largest absolute Gasteiger partial charge is 0.356 e. The van der Waals surface area contributed by atoms with E-state index in [4.69, 9.17) is 4.98 Å². The number of rotatable bonds is 6. The number of hydrogen-bond donors (Lipinski definition) is 2. The molecule has 0 bridgehead atoms. The van der Waals surface area contributed by atoms with Gasteiger partial charge in [-0.3, -0.25) is 4.79 Å². The summed E-state index contributed by atoms with van der Waals surface area (Å²) in [4.78, 5) is 24.7. The van der Waals surface area contributed by atoms with Gasteiger partial charge in [0, 0.05) is 47.2 Å². The van der Waals surface area contributed by atoms with E-state index in [0.717, 1.165) is 40.9 Å². The molecular weight excluding hydrogens is 394 g/mol. The average Bonchev–Trinajstić information content (AvgIpc) is 3.28. The molecule has 1 aromatic carbocycles. The summed E-state index contributed by atoms with van der Waals surface area (Å²) in [5.74, 6) is 1.41. The molecule has 30 heavy (non-hydrogen) atoms. The molecule has 1 aliphatic rings. The van der Waals surface area contributed by atoms with Gasteiger partial charge < -0.3 is 15.5 Å². The monoisotopic (exact) mass is 419 g/mol. The molecule has 2 N–H and O–H groups in total. The van der Waals surface area contributed by atoms with E-state index < -0.39 is 0 Å². The lowest BCUT2D eigenvalue weighted by atomic mass is 10.1. The Labute approximate surface area is 180 Å². The number of aromatic nitrogens is 2. The third-order valence-corrected chi connectivity index (χ3v) is 5.71. The second-order valence-corrected chi connectivity index (χ2v) is 8.26. The Kier molecular flexibility index (Phi) is 6.39. The molecule has 1 aliphatic heterocycles. The number of piperidine rings is 1. The Hall–Kier alpha value is -3.19. The van der Waals surface area contributed by atoms with Crippen molar-refractivity contribution in [3.05, 3.63) is 64.5 Å². The van der Waals surface area contributed by atoms with Crippen molar-refractivity contribution in [1.29, 1.82) is 0 Å². The molecule has 1 amide bonds. The molecule has 0 spiro atoms. The molecule has 6 nitrogen and oxygen atoms in total. The highest BCUT2D eigenvalue weighted by Crippen LogP contribution is 2.22. The second kappa shape index (κ2) is 9.54. The van der Waals surface area contributed by atoms with Gasteiger partial charge in [-0.05, 0) is 68.0 Å². The quantitative estimate of drug-likeness (QED) is 0.535. The number of aryl methyl sites for hydroxylation is 1. The molecule has 0 atom stereocenters. The van der Waals surface area contributed by atoms with Crippen molar-refractivity contribution in [3.8, 4) is 0 Å². The number of nitrogens with one attached hydrogen (secondary N) is 2. The highest BCUT2D eigenvalue weighted by atomic mass is 32.1. The Morgan fingerprint density at radius 1 is 1.07 bits per heavy atom. The lowest BCUT2D eigenvalue weighted by Gasteiger charge is -2.28. The number of carbonyl (C=O) groups excluding carboxylic acids is 1. The van der Waals surface area contributed by atoms with Gasteiger partial charge in [-0.1, -0.05) is 6.07 Å². The number of carbonyl (C=O) groups is 1. The minimum atomic E-state index is -0.155. The van der Waals surface area contributed by atoms with Crippen LogP contribution in [0.15, 0.2) is 53.9 Å². The first-order valence-electron chi connectivity index (χ1n) is 10.2. The Bertz CT molecular complexity index is 1010. The maximum atomic E-state index is 12.1. The minimum Gasteiger partial charge on any atom is -0.356 e. The van der Waals surface area contributed by atoms with Crippen molar-refractivity contribution in [3.63, 3.8) is 0 Å². The fraction of sp³-hybridized carbons (Fsp3) is 0.261. The summed E-state index contributed by atoms with van der Waals surface area (Å²) in [6.07, 6.45) is 7.06. The predicted molar refractivity (Wildman–Crippen MR) is 125 cm³/mol. The van der Waals surface area contributed by atoms with Crippen LogP contribution in [0.3, 0.4) is 0 Å². The number of nitrogens with zero attached hydrogens (tertiary/aromatic N) is 3. The lowest BCUT2D eigenvalue weighted by Crippen LogP contribution is -2.30. The predicted octanol–water partition coefficient (Wildman–Crippen LogP) is 5.23. The summed E-state index contributed by atoms with van der Waals surface area (Å²) >= 11 is 1.59. The van der Waals surface area contributed by atoms with Crippen LogP contribution in [0, 0.1) is 6.92 Å². The van der Waals surface area contributed by atoms with Gasteiger partial charge in [0.2, 0.25) is 11.9 Å². The third kappa shape index (κ3) is 5.45. The van der Waals surface area contributed by atoms with Crippen molar-refractivity contribution in [1.82, 2.24) is 9.97 Å². The summed E-state index contributed by atoms with van der Waals surface area (Å²) in [5, 5.41) is 8.13. The summed E-state index contributed by atoms with van der Waals surface area (Å²) in [6, 6.07) is 13.5. The van der Waals surface area contributed by atoms with E-state index in [-0.39, 0.29) is 5.91 Å². The maximum absolute atomic E-state index is 12.1. The third-order valence-electron chi connectivity index (χ3n) is 4.87. The first kappa shape index (κ1) is 20.1. The minimum absolute atomic E-state index is 0.155. The second-order valence-electron chi connectivity index (χ2n) is 7.28. The normalized spacial score (nSPS) is 14.1. The smallest absolute Gasteiger partial charge is 0.248 e. The van der Waals surface area contributed by atoms with Crippen LogP contribution in [0.25, 0.3) is 6.08 Å². The average molecular weight is 420 g/mol. The number of amides is 1. The zero-order chi connectivity index (χ0) is 20.8. The molecule has 0 aliphatic carbocycles. The van der Waals surface area contributed by atoms with Crippen LogP contribution in [0.5, 0.6) is 0 Å². The van der Waals surface area contributed by atoms with Gasteiger partial charge >= 0.3 is 0 Å². The SMILES string of the molecule is Cc1cc(N2CCCCC2)nc(Nc2ccc(NC(=O)/C=C/c3cccs3)cc2)n1. The number of hydrogen-bond acceptors (Lipinski definition) is 6. The Balaban J connectivity index is 1.38. The fourth-order valence-electron chi connectivity index (χ4n) is 3.39. The molecular formula is C23H25N5OS. The van der Waals surface area contributed by atoms with Crippen LogP contribution in [-0.4, -0.2) is 29.0 Å². The van der Waals surface area contributed by atoms with E-state index >= 15 is 0 Å². The molecule has 4 rings (SSSR count). The summed E-state index contributed by atoms with van der Waals surface area (Å²) < 4.78 is 0. The van der Waals surface area contributed by atoms with Crippen molar-refractivity contribution >= 4 is 46.5 Å². The van der Waals surface area contributed by atoms with Crippen molar-refractivity contribution < 1.29 is 4.79 Å². The molecule has 154 valence electrons. The number of thiophene rings is 1. The van der Waals surface area contributed by atoms with E-state index in [1.165, 1.54) is 19.3 Å². The Morgan fingerprint density at radius 2 is 1.83 bits per heavy atom. The fourth-order valence-corrected chi connectivity index (χ4v) is 4.00. The molecule has 1 saturated heterocycles. The topological polar surface area (TPSA) is 70.2 Å². The van der Waals surface area contributed by atoms with E-state index in [9.17, 15) is 4.79 Å². The first-order valence-corrected chi connectivity index (χ1v) is 11.0. The Morgan fingerprint density at radius 3 is 2.57 bits per heavy atom. The molecule has 0 radical (unpaired) electrons. The zero-order valence-corrected chi connectivity index (χ0v) is 17.8. The van der Waals surface area contributed by atoms with Crippen molar-refractivity contribution in [2.24, 2.45) is 0 Å². The molecule has 7 heteroatoms. The van der Waals surface area contributed by atoms with Gasteiger partial charge in [0.25, 0.3) is 0 Å². The van der Waals surface area contributed by atoms with E-state index in [2.05, 4.69) is 20.5 Å². The molecule has 0 saturated carbocycles. The highest BCUT2D eigenvalue weighted by Gasteiger charge is 2.14. The number of benzene rings is 1. The molecule has 2 aromatic heterocycles. The maximum Gasteiger partial charge on any atom is 0.248 e. The lowest BCUT2D eigenvalue weighted by molar-refractivity contribution is -0.111. The highest BCUT2D eigenvalue weighted by molar-refractivity contribution is 7.10. The van der Waals surface area contributed by atoms with E-state index in [0.29, 0.717) is 5.95 Å². The number of anilines is 4. The van der Waals surface area contributed by atoms with Gasteiger partial charge in [0.1, 0.15) is 5.82 Å². The first-order chi connectivity index (χ1) is 14.7. The van der Waals surface area contributed by atoms with Gasteiger partial charge in [-0.15, -0.1) is 11.3 Å². The summed E-state index contributed by atoms with van der Waals surface area (Å²) in [6.45, 7) is 4.08. The van der Waals surface area contributed by atoms with Crippen LogP contribution in [-0.2, 0) is 4.79 Å². The standard InChI is InChI=1S/C23H25N5OS/c1-17-16-21(28-13-3-2-4-14-28)27-23(24-17)26-19-9-7-18(8-10-19)25-22(29)12-11-20-6-5-15-30-20/h5-12,15-16H,2-4,13-14H2,1H3,(H,25,29)(H,24,26,27)/b12-11+. The van der Waals surface area contributed by atoms with Crippen molar-refractivity contribution in [2.75, 3.05) is 28.6 Å². The van der Waals surface area contributed by atoms with Crippen LogP contribution in [0.2, 0.25) is 0 Å². The van der Waals surface area contributed by atoms with Gasteiger partial charge in [-0.25, -0.2) is 4.98 Å². The van der Waals surface area contributed by atoms with Crippen LogP contribution in [0.1, 0.15) is 29.8 Å². The summed E-state index contributed by atoms with van der Waals surface area (Å²) in [5.41, 5.74) is 2.55. The molecule has 1 fully saturated rings. The molecule has 0 unspecified atom stereocenters. The summed E-state index contributed by atoms with van der Waals surface area (Å²) in [7, 11) is 0.